The van der Waals surface area contributed by atoms with Gasteiger partial charge in [-0.1, -0.05) is 36.3 Å². The molecule has 0 radical (unpaired) electrons. The predicted octanol–water partition coefficient (Wildman–Crippen LogP) is 2.35. The fourth-order valence-electron chi connectivity index (χ4n) is 3.16. The lowest BCUT2D eigenvalue weighted by Gasteiger charge is -2.25. The SMILES string of the molecule is CCC1=CCO[C@H]2CN(S(=O)(=O)c3ccc(C)cc3)C[C@@H]12. The van der Waals surface area contributed by atoms with Crippen molar-refractivity contribution in [3.63, 3.8) is 0 Å². The lowest BCUT2D eigenvalue weighted by atomic mass is 9.92. The monoisotopic (exact) mass is 307 g/mol. The molecule has 0 N–H and O–H groups in total. The third-order valence-corrected chi connectivity index (χ3v) is 6.28. The summed E-state index contributed by atoms with van der Waals surface area (Å²) in [5, 5.41) is 0. The van der Waals surface area contributed by atoms with Gasteiger partial charge in [-0.05, 0) is 25.5 Å². The number of ether oxygens (including phenoxy) is 1. The minimum Gasteiger partial charge on any atom is -0.372 e. The molecule has 1 saturated heterocycles. The smallest absolute Gasteiger partial charge is 0.243 e. The molecule has 0 saturated carbocycles. The highest BCUT2D eigenvalue weighted by atomic mass is 32.2. The Morgan fingerprint density at radius 2 is 1.95 bits per heavy atom. The highest BCUT2D eigenvalue weighted by Crippen LogP contribution is 2.34. The number of benzene rings is 1. The first kappa shape index (κ1) is 14.8. The van der Waals surface area contributed by atoms with Crippen LogP contribution in [0.15, 0.2) is 40.8 Å². The number of nitrogens with zero attached hydrogens (tertiary/aromatic N) is 1. The molecule has 4 nitrogen and oxygen atoms in total. The minimum absolute atomic E-state index is 0.00479. The molecule has 0 aromatic heterocycles. The van der Waals surface area contributed by atoms with Crippen LogP contribution in [0.25, 0.3) is 0 Å². The molecule has 21 heavy (non-hydrogen) atoms. The van der Waals surface area contributed by atoms with Crippen LogP contribution in [0.4, 0.5) is 0 Å². The standard InChI is InChI=1S/C16H21NO3S/c1-3-13-8-9-20-16-11-17(10-15(13)16)21(18,19)14-6-4-12(2)5-7-14/h4-8,15-16H,3,9-11H2,1-2H3/t15-,16-/m0/s1. The van der Waals surface area contributed by atoms with Crippen LogP contribution in [0.5, 0.6) is 0 Å². The van der Waals surface area contributed by atoms with Gasteiger partial charge in [-0.25, -0.2) is 8.42 Å². The summed E-state index contributed by atoms with van der Waals surface area (Å²) in [6.07, 6.45) is 3.07. The summed E-state index contributed by atoms with van der Waals surface area (Å²) in [7, 11) is -3.42. The summed E-state index contributed by atoms with van der Waals surface area (Å²) in [5.41, 5.74) is 2.39. The summed E-state index contributed by atoms with van der Waals surface area (Å²) in [5.74, 6) is 0.212. The van der Waals surface area contributed by atoms with E-state index in [9.17, 15) is 8.42 Å². The van der Waals surface area contributed by atoms with Crippen LogP contribution in [0, 0.1) is 12.8 Å². The van der Waals surface area contributed by atoms with Crippen molar-refractivity contribution >= 4 is 10.0 Å². The van der Waals surface area contributed by atoms with Crippen molar-refractivity contribution < 1.29 is 13.2 Å². The van der Waals surface area contributed by atoms with Gasteiger partial charge in [0, 0.05) is 19.0 Å². The maximum absolute atomic E-state index is 12.7. The molecule has 5 heteroatoms. The molecule has 0 bridgehead atoms. The zero-order valence-corrected chi connectivity index (χ0v) is 13.3. The van der Waals surface area contributed by atoms with Crippen molar-refractivity contribution in [1.82, 2.24) is 4.31 Å². The number of hydrogen-bond donors (Lipinski definition) is 0. The number of hydrogen-bond acceptors (Lipinski definition) is 3. The number of aryl methyl sites for hydroxylation is 1. The van der Waals surface area contributed by atoms with Gasteiger partial charge in [0.15, 0.2) is 0 Å². The Balaban J connectivity index is 1.85. The van der Waals surface area contributed by atoms with Crippen LogP contribution in [0.1, 0.15) is 18.9 Å². The second-order valence-corrected chi connectivity index (χ2v) is 7.68. The Morgan fingerprint density at radius 3 is 2.62 bits per heavy atom. The third-order valence-electron chi connectivity index (χ3n) is 4.43. The first-order chi connectivity index (χ1) is 10.0. The number of sulfonamides is 1. The van der Waals surface area contributed by atoms with Crippen LogP contribution in [-0.4, -0.2) is 38.5 Å². The average molecular weight is 307 g/mol. The fraction of sp³-hybridized carbons (Fsp3) is 0.500. The van der Waals surface area contributed by atoms with Gasteiger partial charge >= 0.3 is 0 Å². The zero-order chi connectivity index (χ0) is 15.0. The fourth-order valence-corrected chi connectivity index (χ4v) is 4.63. The van der Waals surface area contributed by atoms with Crippen molar-refractivity contribution in [2.24, 2.45) is 5.92 Å². The Hall–Kier alpha value is -1.17. The molecular weight excluding hydrogens is 286 g/mol. The summed E-state index contributed by atoms with van der Waals surface area (Å²) >= 11 is 0. The molecule has 114 valence electrons. The molecule has 3 rings (SSSR count). The summed E-state index contributed by atoms with van der Waals surface area (Å²) < 4.78 is 32.8. The van der Waals surface area contributed by atoms with E-state index in [1.165, 1.54) is 5.57 Å². The van der Waals surface area contributed by atoms with E-state index >= 15 is 0 Å². The van der Waals surface area contributed by atoms with Crippen molar-refractivity contribution in [1.29, 1.82) is 0 Å². The van der Waals surface area contributed by atoms with Crippen LogP contribution < -0.4 is 0 Å². The van der Waals surface area contributed by atoms with Crippen LogP contribution in [-0.2, 0) is 14.8 Å². The topological polar surface area (TPSA) is 46.6 Å². The third kappa shape index (κ3) is 2.65. The molecule has 0 aliphatic carbocycles. The first-order valence-corrected chi connectivity index (χ1v) is 8.83. The van der Waals surface area contributed by atoms with Gasteiger partial charge in [-0.15, -0.1) is 0 Å². The van der Waals surface area contributed by atoms with Crippen molar-refractivity contribution in [3.05, 3.63) is 41.5 Å². The molecule has 2 heterocycles. The van der Waals surface area contributed by atoms with E-state index in [0.717, 1.165) is 12.0 Å². The zero-order valence-electron chi connectivity index (χ0n) is 12.5. The van der Waals surface area contributed by atoms with E-state index in [1.807, 2.05) is 19.1 Å². The van der Waals surface area contributed by atoms with Crippen LogP contribution in [0.2, 0.25) is 0 Å². The quantitative estimate of drug-likeness (QED) is 0.805. The molecule has 1 aromatic carbocycles. The molecule has 0 unspecified atom stereocenters. The van der Waals surface area contributed by atoms with Crippen LogP contribution in [0.3, 0.4) is 0 Å². The Morgan fingerprint density at radius 1 is 1.24 bits per heavy atom. The molecule has 2 aliphatic heterocycles. The summed E-state index contributed by atoms with van der Waals surface area (Å²) in [6, 6.07) is 7.04. The second-order valence-electron chi connectivity index (χ2n) is 5.75. The van der Waals surface area contributed by atoms with Crippen molar-refractivity contribution in [2.45, 2.75) is 31.3 Å². The number of fused-ring (bicyclic) bond motifs is 1. The van der Waals surface area contributed by atoms with Gasteiger partial charge in [0.2, 0.25) is 10.0 Å². The van der Waals surface area contributed by atoms with Crippen molar-refractivity contribution in [2.75, 3.05) is 19.7 Å². The minimum atomic E-state index is -3.42. The summed E-state index contributed by atoms with van der Waals surface area (Å²) in [6.45, 7) is 5.65. The first-order valence-electron chi connectivity index (χ1n) is 7.39. The molecule has 1 fully saturated rings. The second kappa shape index (κ2) is 5.55. The Bertz CT molecular complexity index is 649. The highest BCUT2D eigenvalue weighted by molar-refractivity contribution is 7.89. The van der Waals surface area contributed by atoms with E-state index in [4.69, 9.17) is 4.74 Å². The lowest BCUT2D eigenvalue weighted by molar-refractivity contribution is 0.0521. The molecule has 1 aromatic rings. The lowest BCUT2D eigenvalue weighted by Crippen LogP contribution is -2.30. The largest absolute Gasteiger partial charge is 0.372 e. The van der Waals surface area contributed by atoms with E-state index in [0.29, 0.717) is 24.6 Å². The summed E-state index contributed by atoms with van der Waals surface area (Å²) in [4.78, 5) is 0.369. The van der Waals surface area contributed by atoms with E-state index < -0.39 is 10.0 Å². The molecule has 0 amide bonds. The molecule has 2 atom stereocenters. The van der Waals surface area contributed by atoms with E-state index in [1.54, 1.807) is 16.4 Å². The van der Waals surface area contributed by atoms with Gasteiger partial charge in [0.1, 0.15) is 0 Å². The molecule has 0 spiro atoms. The average Bonchev–Trinajstić information content (AvgIpc) is 2.92. The Kier molecular flexibility index (Phi) is 3.90. The van der Waals surface area contributed by atoms with E-state index in [2.05, 4.69) is 13.0 Å². The van der Waals surface area contributed by atoms with Crippen molar-refractivity contribution in [3.8, 4) is 0 Å². The van der Waals surface area contributed by atoms with Gasteiger partial charge < -0.3 is 4.74 Å². The maximum Gasteiger partial charge on any atom is 0.243 e. The van der Waals surface area contributed by atoms with E-state index in [-0.39, 0.29) is 12.0 Å². The van der Waals surface area contributed by atoms with Gasteiger partial charge in [0.25, 0.3) is 0 Å². The predicted molar refractivity (Wildman–Crippen MR) is 81.5 cm³/mol. The van der Waals surface area contributed by atoms with Gasteiger partial charge in [-0.3, -0.25) is 0 Å². The normalized spacial score (nSPS) is 26.5. The highest BCUT2D eigenvalue weighted by Gasteiger charge is 2.42. The molecule has 2 aliphatic rings. The maximum atomic E-state index is 12.7. The van der Waals surface area contributed by atoms with Crippen LogP contribution >= 0.6 is 0 Å². The van der Waals surface area contributed by atoms with Gasteiger partial charge in [-0.2, -0.15) is 4.31 Å². The van der Waals surface area contributed by atoms with Gasteiger partial charge in [0.05, 0.1) is 17.6 Å². The molecular formula is C16H21NO3S. The Labute approximate surface area is 126 Å². The number of rotatable bonds is 3.